The molecule has 3 N–H and O–H groups in total. The van der Waals surface area contributed by atoms with Crippen LogP contribution in [0.4, 0.5) is 26.3 Å². The average Bonchev–Trinajstić information content (AvgIpc) is 2.86. The smallest absolute Gasteiger partial charge is 0.680 e. The van der Waals surface area contributed by atoms with Gasteiger partial charge in [0, 0.05) is 0 Å². The molecule has 0 unspecified atom stereocenters. The van der Waals surface area contributed by atoms with Crippen molar-refractivity contribution in [2.45, 2.75) is 11.6 Å². The second-order valence-corrected chi connectivity index (χ2v) is 5.58. The minimum atomic E-state index is -5.16. The van der Waals surface area contributed by atoms with Crippen molar-refractivity contribution in [3.8, 4) is 0 Å². The van der Waals surface area contributed by atoms with Crippen LogP contribution in [0.2, 0.25) is 0 Å². The molecule has 0 atom stereocenters. The summed E-state index contributed by atoms with van der Waals surface area (Å²) in [5, 5.41) is -0.634. The van der Waals surface area contributed by atoms with Crippen molar-refractivity contribution in [1.82, 2.24) is 0 Å². The summed E-state index contributed by atoms with van der Waals surface area (Å²) in [7, 11) is -1.17. The molecule has 0 aliphatic carbocycles. The Hall–Kier alpha value is -0.0900. The van der Waals surface area contributed by atoms with Crippen LogP contribution in [0.15, 0.2) is 24.3 Å². The molecule has 0 fully saturated rings. The molecular weight excluding hydrogens is 395 g/mol. The first-order valence-corrected chi connectivity index (χ1v) is 6.81. The molecule has 0 radical (unpaired) electrons. The van der Waals surface area contributed by atoms with Crippen LogP contribution >= 0.6 is 0 Å². The molecule has 0 bridgehead atoms. The fourth-order valence-corrected chi connectivity index (χ4v) is 2.88. The second kappa shape index (κ2) is 14.8. The molecule has 0 saturated carbocycles. The zero-order chi connectivity index (χ0) is 17.0. The van der Waals surface area contributed by atoms with Gasteiger partial charge >= 0.3 is 37.8 Å². The number of hydrogen-bond donors (Lipinski definition) is 0. The summed E-state index contributed by atoms with van der Waals surface area (Å²) in [4.78, 5) is 0. The van der Waals surface area contributed by atoms with Gasteiger partial charge in [0.15, 0.2) is 0 Å². The molecule has 0 heterocycles. The molecule has 0 amide bonds. The maximum atomic E-state index is 12.1. The first-order valence-electron chi connectivity index (χ1n) is 5.08. The zero-order valence-corrected chi connectivity index (χ0v) is 15.3. The first-order chi connectivity index (χ1) is 9.23. The molecule has 3 nitrogen and oxygen atoms in total. The van der Waals surface area contributed by atoms with Crippen LogP contribution in [0.1, 0.15) is 0 Å². The van der Waals surface area contributed by atoms with Crippen molar-refractivity contribution >= 4 is 14.0 Å². The molecule has 0 aromatic heterocycles. The summed E-state index contributed by atoms with van der Waals surface area (Å²) in [6.07, 6.45) is 0. The van der Waals surface area contributed by atoms with E-state index in [1.807, 2.05) is 0 Å². The molecule has 0 aliphatic heterocycles. The van der Waals surface area contributed by atoms with Gasteiger partial charge in [0.1, 0.15) is 0 Å². The molecule has 122 valence electrons. The molecule has 1 aromatic rings. The van der Waals surface area contributed by atoms with Gasteiger partial charge in [-0.25, -0.2) is 12.1 Å². The largest absolute Gasteiger partial charge is 4.00 e. The predicted octanol–water partition coefficient (Wildman–Crippen LogP) is 4.05. The van der Waals surface area contributed by atoms with Gasteiger partial charge in [-0.15, -0.1) is 5.19 Å². The van der Waals surface area contributed by atoms with Crippen LogP contribution in [-0.2, 0) is 26.2 Å². The summed E-state index contributed by atoms with van der Waals surface area (Å²) in [5.74, 6) is -10.3. The van der Waals surface area contributed by atoms with E-state index in [2.05, 4.69) is 0 Å². The molecule has 0 aliphatic rings. The van der Waals surface area contributed by atoms with Crippen LogP contribution in [-0.4, -0.2) is 41.5 Å². The van der Waals surface area contributed by atoms with E-state index in [1.54, 1.807) is 0 Å². The van der Waals surface area contributed by atoms with Crippen LogP contribution < -0.4 is 5.19 Å². The van der Waals surface area contributed by atoms with E-state index in [9.17, 15) is 26.3 Å². The third kappa shape index (κ3) is 12.2. The quantitative estimate of drug-likeness (QED) is 0.379. The Morgan fingerprint density at radius 2 is 0.952 bits per heavy atom. The van der Waals surface area contributed by atoms with Crippen molar-refractivity contribution in [3.63, 3.8) is 0 Å². The molecule has 21 heavy (non-hydrogen) atoms. The van der Waals surface area contributed by atoms with E-state index in [1.165, 1.54) is 33.3 Å². The van der Waals surface area contributed by atoms with E-state index in [4.69, 9.17) is 17.2 Å². The fourth-order valence-electron chi connectivity index (χ4n) is 1.14. The number of nitrogens with one attached hydrogen (secondary N) is 3. The van der Waals surface area contributed by atoms with Gasteiger partial charge in [0.05, 0.1) is 0 Å². The van der Waals surface area contributed by atoms with Crippen molar-refractivity contribution in [3.05, 3.63) is 41.5 Å². The normalized spacial score (nSPS) is 9.95. The van der Waals surface area contributed by atoms with Gasteiger partial charge in [-0.2, -0.15) is 59.6 Å². The van der Waals surface area contributed by atoms with Crippen molar-refractivity contribution in [1.29, 1.82) is 0 Å². The average molecular weight is 413 g/mol. The van der Waals surface area contributed by atoms with Gasteiger partial charge in [0.2, 0.25) is 0 Å². The SMILES string of the molecule is C[NH-].C[NH-].C[NH-].FC(F)(F)[SiH]([c-]1cccc1)C(F)(F)F.[Zr+4]. The summed E-state index contributed by atoms with van der Waals surface area (Å²) in [5.41, 5.74) is 17.2. The van der Waals surface area contributed by atoms with Gasteiger partial charge in [-0.1, -0.05) is 0 Å². The minimum absolute atomic E-state index is 0. The van der Waals surface area contributed by atoms with E-state index in [-0.39, 0.29) is 26.2 Å². The first kappa shape index (κ1) is 29.0. The molecule has 11 heteroatoms. The Labute approximate surface area is 141 Å². The minimum Gasteiger partial charge on any atom is -0.680 e. The molecular formula is C10H17F6N3SiZr. The van der Waals surface area contributed by atoms with E-state index < -0.39 is 25.6 Å². The number of alkyl halides is 6. The summed E-state index contributed by atoms with van der Waals surface area (Å²) < 4.78 is 72.7. The second-order valence-electron chi connectivity index (χ2n) is 2.73. The number of halogens is 6. The summed E-state index contributed by atoms with van der Waals surface area (Å²) >= 11 is 0. The predicted molar refractivity (Wildman–Crippen MR) is 71.7 cm³/mol. The Bertz CT molecular complexity index is 289. The molecule has 0 saturated heterocycles. The van der Waals surface area contributed by atoms with Crippen molar-refractivity contribution < 1.29 is 52.5 Å². The van der Waals surface area contributed by atoms with Crippen molar-refractivity contribution in [2.24, 2.45) is 0 Å². The van der Waals surface area contributed by atoms with Crippen LogP contribution in [0.5, 0.6) is 0 Å². The maximum absolute atomic E-state index is 12.1. The molecule has 0 spiro atoms. The maximum Gasteiger partial charge on any atom is 4.00 e. The van der Waals surface area contributed by atoms with Gasteiger partial charge < -0.3 is 17.2 Å². The monoisotopic (exact) mass is 411 g/mol. The molecule has 1 rings (SSSR count). The summed E-state index contributed by atoms with van der Waals surface area (Å²) in [6.45, 7) is 0. The standard InChI is InChI=1S/C7H5F6Si.3CH4N.Zr/c8-6(9,10)14(7(11,12)13)5-3-1-2-4-5;3*1-2;/h1-4,14H;3*2H,1H3;/q4*-1;+4. The third-order valence-corrected chi connectivity index (χ3v) is 4.04. The third-order valence-electron chi connectivity index (χ3n) is 1.68. The topological polar surface area (TPSA) is 71.4 Å². The van der Waals surface area contributed by atoms with Gasteiger partial charge in [-0.05, 0) is 0 Å². The van der Waals surface area contributed by atoms with Gasteiger partial charge in [0.25, 0.3) is 8.80 Å². The number of hydrogen-bond acceptors (Lipinski definition) is 0. The Balaban J connectivity index is -0.000000183. The Morgan fingerprint density at radius 1 is 0.714 bits per heavy atom. The Morgan fingerprint density at radius 3 is 1.14 bits per heavy atom. The fraction of sp³-hybridized carbons (Fsp3) is 0.500. The molecule has 1 aromatic carbocycles. The van der Waals surface area contributed by atoms with Crippen molar-refractivity contribution in [2.75, 3.05) is 21.1 Å². The summed E-state index contributed by atoms with van der Waals surface area (Å²) in [6, 6.07) is 4.09. The van der Waals surface area contributed by atoms with E-state index >= 15 is 0 Å². The van der Waals surface area contributed by atoms with Crippen LogP contribution in [0, 0.1) is 0 Å². The zero-order valence-electron chi connectivity index (χ0n) is 11.7. The Kier molecular flexibility index (Phi) is 20.5. The van der Waals surface area contributed by atoms with E-state index in [0.29, 0.717) is 0 Å². The van der Waals surface area contributed by atoms with Crippen LogP contribution in [0.3, 0.4) is 0 Å². The number of rotatable bonds is 1. The van der Waals surface area contributed by atoms with Crippen LogP contribution in [0.25, 0.3) is 17.2 Å². The van der Waals surface area contributed by atoms with Gasteiger partial charge in [-0.3, -0.25) is 0 Å². The van der Waals surface area contributed by atoms with E-state index in [0.717, 1.165) is 12.1 Å².